The third-order valence-corrected chi connectivity index (χ3v) is 3.50. The molecule has 0 aliphatic heterocycles. The number of Topliss-reactive ketones (excluding diaryl/α,β-unsaturated/α-hetero) is 1. The van der Waals surface area contributed by atoms with E-state index in [-0.39, 0.29) is 23.4 Å². The van der Waals surface area contributed by atoms with E-state index in [0.29, 0.717) is 42.2 Å². The van der Waals surface area contributed by atoms with Gasteiger partial charge in [0, 0.05) is 11.8 Å². The first-order valence-electron chi connectivity index (χ1n) is 8.09. The van der Waals surface area contributed by atoms with Crippen LogP contribution in [0.2, 0.25) is 0 Å². The molecule has 0 aromatic heterocycles. The van der Waals surface area contributed by atoms with Crippen molar-refractivity contribution in [2.24, 2.45) is 11.8 Å². The van der Waals surface area contributed by atoms with E-state index in [0.717, 1.165) is 0 Å². The number of halogens is 1. The molecule has 0 heterocycles. The zero-order chi connectivity index (χ0) is 18.1. The highest BCUT2D eigenvalue weighted by atomic mass is 79.9. The summed E-state index contributed by atoms with van der Waals surface area (Å²) in [6, 6.07) is 5.25. The number of anilines is 1. The van der Waals surface area contributed by atoms with Crippen molar-refractivity contribution in [1.29, 1.82) is 0 Å². The predicted molar refractivity (Wildman–Crippen MR) is 99.2 cm³/mol. The second-order valence-electron chi connectivity index (χ2n) is 6.47. The summed E-state index contributed by atoms with van der Waals surface area (Å²) >= 11 is 3.05. The zero-order valence-corrected chi connectivity index (χ0v) is 16.3. The van der Waals surface area contributed by atoms with Crippen LogP contribution in [0.25, 0.3) is 0 Å². The number of rotatable bonds is 10. The van der Waals surface area contributed by atoms with Crippen LogP contribution in [0.1, 0.15) is 34.1 Å². The van der Waals surface area contributed by atoms with Gasteiger partial charge in [-0.1, -0.05) is 43.6 Å². The molecule has 0 radical (unpaired) electrons. The summed E-state index contributed by atoms with van der Waals surface area (Å²) in [5.74, 6) is 1.51. The number of nitrogens with one attached hydrogen (secondary N) is 1. The quantitative estimate of drug-likeness (QED) is 0.476. The summed E-state index contributed by atoms with van der Waals surface area (Å²) in [6.45, 7) is 9.41. The third-order valence-electron chi connectivity index (χ3n) is 2.88. The Kier molecular flexibility index (Phi) is 8.82. The van der Waals surface area contributed by atoms with Gasteiger partial charge in [-0.3, -0.25) is 9.59 Å². The summed E-state index contributed by atoms with van der Waals surface area (Å²) in [4.78, 5) is 23.1. The molecule has 0 bridgehead atoms. The van der Waals surface area contributed by atoms with E-state index in [1.165, 1.54) is 0 Å². The van der Waals surface area contributed by atoms with Crippen molar-refractivity contribution in [3.63, 3.8) is 0 Å². The van der Waals surface area contributed by atoms with Gasteiger partial charge < -0.3 is 14.8 Å². The lowest BCUT2D eigenvalue weighted by atomic mass is 10.2. The second kappa shape index (κ2) is 10.3. The predicted octanol–water partition coefficient (Wildman–Crippen LogP) is 4.05. The van der Waals surface area contributed by atoms with Gasteiger partial charge in [-0.05, 0) is 24.0 Å². The first-order chi connectivity index (χ1) is 11.3. The molecule has 0 aliphatic carbocycles. The van der Waals surface area contributed by atoms with Gasteiger partial charge in [0.15, 0.2) is 17.3 Å². The topological polar surface area (TPSA) is 64.6 Å². The van der Waals surface area contributed by atoms with E-state index >= 15 is 0 Å². The molecule has 0 saturated heterocycles. The van der Waals surface area contributed by atoms with E-state index in [9.17, 15) is 9.59 Å². The van der Waals surface area contributed by atoms with Gasteiger partial charge in [-0.25, -0.2) is 0 Å². The van der Waals surface area contributed by atoms with E-state index in [4.69, 9.17) is 9.47 Å². The third kappa shape index (κ3) is 7.81. The molecular formula is C18H26BrNO4. The van der Waals surface area contributed by atoms with Crippen molar-refractivity contribution in [2.75, 3.05) is 23.9 Å². The Bertz CT molecular complexity index is 558. The number of alkyl halides is 1. The van der Waals surface area contributed by atoms with Gasteiger partial charge in [0.25, 0.3) is 0 Å². The largest absolute Gasteiger partial charge is 0.489 e. The molecule has 1 aromatic rings. The van der Waals surface area contributed by atoms with Crippen LogP contribution in [0, 0.1) is 11.8 Å². The van der Waals surface area contributed by atoms with Crippen LogP contribution < -0.4 is 14.8 Å². The summed E-state index contributed by atoms with van der Waals surface area (Å²) in [5, 5.41) is 2.88. The maximum atomic E-state index is 11.8. The fourth-order valence-electron chi connectivity index (χ4n) is 1.76. The summed E-state index contributed by atoms with van der Waals surface area (Å²) in [7, 11) is 0. The molecule has 0 atom stereocenters. The molecule has 134 valence electrons. The monoisotopic (exact) mass is 399 g/mol. The van der Waals surface area contributed by atoms with Crippen molar-refractivity contribution >= 4 is 33.3 Å². The Labute approximate surface area is 152 Å². The molecule has 1 rings (SSSR count). The number of ketones is 1. The smallest absolute Gasteiger partial charge is 0.231 e. The van der Waals surface area contributed by atoms with Crippen LogP contribution in [0.5, 0.6) is 11.5 Å². The van der Waals surface area contributed by atoms with Gasteiger partial charge in [-0.2, -0.15) is 0 Å². The Hall–Kier alpha value is -1.56. The van der Waals surface area contributed by atoms with E-state index in [2.05, 4.69) is 48.9 Å². The SMILES string of the molecule is CC(C)COc1ccc(NC(=O)CC(=O)CBr)cc1OCC(C)C. The highest BCUT2D eigenvalue weighted by Gasteiger charge is 2.12. The Morgan fingerprint density at radius 1 is 1.04 bits per heavy atom. The van der Waals surface area contributed by atoms with E-state index in [1.54, 1.807) is 18.2 Å². The van der Waals surface area contributed by atoms with Crippen LogP contribution in [0.15, 0.2) is 18.2 Å². The van der Waals surface area contributed by atoms with Crippen LogP contribution >= 0.6 is 15.9 Å². The number of ether oxygens (including phenoxy) is 2. The van der Waals surface area contributed by atoms with Crippen molar-refractivity contribution in [2.45, 2.75) is 34.1 Å². The van der Waals surface area contributed by atoms with Gasteiger partial charge >= 0.3 is 0 Å². The average Bonchev–Trinajstić information content (AvgIpc) is 2.51. The lowest BCUT2D eigenvalue weighted by Crippen LogP contribution is -2.17. The second-order valence-corrected chi connectivity index (χ2v) is 7.03. The molecule has 0 fully saturated rings. The van der Waals surface area contributed by atoms with Crippen molar-refractivity contribution in [3.05, 3.63) is 18.2 Å². The highest BCUT2D eigenvalue weighted by Crippen LogP contribution is 2.31. The van der Waals surface area contributed by atoms with Crippen molar-refractivity contribution in [1.82, 2.24) is 0 Å². The van der Waals surface area contributed by atoms with Gasteiger partial charge in [-0.15, -0.1) is 0 Å². The number of hydrogen-bond acceptors (Lipinski definition) is 4. The zero-order valence-electron chi connectivity index (χ0n) is 14.7. The molecule has 1 amide bonds. The number of benzene rings is 1. The minimum atomic E-state index is -0.342. The number of hydrogen-bond donors (Lipinski definition) is 1. The first-order valence-corrected chi connectivity index (χ1v) is 9.21. The Morgan fingerprint density at radius 3 is 2.17 bits per heavy atom. The minimum Gasteiger partial charge on any atom is -0.489 e. The van der Waals surface area contributed by atoms with Crippen molar-refractivity contribution < 1.29 is 19.1 Å². The van der Waals surface area contributed by atoms with E-state index in [1.807, 2.05) is 0 Å². The van der Waals surface area contributed by atoms with Crippen LogP contribution in [0.4, 0.5) is 5.69 Å². The molecular weight excluding hydrogens is 374 g/mol. The number of carbonyl (C=O) groups is 2. The van der Waals surface area contributed by atoms with Crippen molar-refractivity contribution in [3.8, 4) is 11.5 Å². The fourth-order valence-corrected chi connectivity index (χ4v) is 1.96. The lowest BCUT2D eigenvalue weighted by Gasteiger charge is -2.16. The molecule has 1 N–H and O–H groups in total. The maximum absolute atomic E-state index is 11.8. The van der Waals surface area contributed by atoms with Crippen LogP contribution in [-0.2, 0) is 9.59 Å². The Morgan fingerprint density at radius 2 is 1.62 bits per heavy atom. The van der Waals surface area contributed by atoms with Gasteiger partial charge in [0.05, 0.1) is 25.0 Å². The minimum absolute atomic E-state index is 0.154. The fraction of sp³-hybridized carbons (Fsp3) is 0.556. The molecule has 0 saturated carbocycles. The van der Waals surface area contributed by atoms with Gasteiger partial charge in [0.2, 0.25) is 5.91 Å². The molecule has 0 aliphatic rings. The maximum Gasteiger partial charge on any atom is 0.231 e. The molecule has 1 aromatic carbocycles. The van der Waals surface area contributed by atoms with Crippen LogP contribution in [0.3, 0.4) is 0 Å². The summed E-state index contributed by atoms with van der Waals surface area (Å²) in [5.41, 5.74) is 0.582. The van der Waals surface area contributed by atoms with E-state index < -0.39 is 0 Å². The number of carbonyl (C=O) groups excluding carboxylic acids is 2. The summed E-state index contributed by atoms with van der Waals surface area (Å²) in [6.07, 6.45) is -0.154. The van der Waals surface area contributed by atoms with Gasteiger partial charge in [0.1, 0.15) is 0 Å². The molecule has 0 unspecified atom stereocenters. The molecule has 0 spiro atoms. The molecule has 6 heteroatoms. The van der Waals surface area contributed by atoms with Crippen LogP contribution in [-0.4, -0.2) is 30.2 Å². The summed E-state index contributed by atoms with van der Waals surface area (Å²) < 4.78 is 11.6. The average molecular weight is 400 g/mol. The number of amides is 1. The molecule has 24 heavy (non-hydrogen) atoms. The lowest BCUT2D eigenvalue weighted by molar-refractivity contribution is -0.123. The molecule has 5 nitrogen and oxygen atoms in total. The first kappa shape index (κ1) is 20.5. The standard InChI is InChI=1S/C18H26BrNO4/c1-12(2)10-23-16-6-5-14(7-17(16)24-11-13(3)4)20-18(22)8-15(21)9-19/h5-7,12-13H,8-11H2,1-4H3,(H,20,22). The Balaban J connectivity index is 2.84. The normalized spacial score (nSPS) is 10.8. The highest BCUT2D eigenvalue weighted by molar-refractivity contribution is 9.09.